The molecule has 1 N–H and O–H groups in total. The zero-order valence-corrected chi connectivity index (χ0v) is 11.4. The van der Waals surface area contributed by atoms with Crippen molar-refractivity contribution in [2.75, 3.05) is 25.5 Å². The lowest BCUT2D eigenvalue weighted by molar-refractivity contribution is 0.269. The Labute approximate surface area is 104 Å². The van der Waals surface area contributed by atoms with Crippen molar-refractivity contribution >= 4 is 5.95 Å². The normalized spacial score (nSPS) is 11.2. The summed E-state index contributed by atoms with van der Waals surface area (Å²) >= 11 is 0. The van der Waals surface area contributed by atoms with Crippen molar-refractivity contribution in [2.24, 2.45) is 0 Å². The Morgan fingerprint density at radius 2 is 1.88 bits per heavy atom. The van der Waals surface area contributed by atoms with Crippen LogP contribution in [-0.2, 0) is 0 Å². The Hall–Kier alpha value is -1.16. The second-order valence-electron chi connectivity index (χ2n) is 4.79. The van der Waals surface area contributed by atoms with E-state index >= 15 is 0 Å². The molecule has 17 heavy (non-hydrogen) atoms. The second kappa shape index (κ2) is 7.22. The first-order valence-corrected chi connectivity index (χ1v) is 6.32. The molecule has 0 aliphatic rings. The van der Waals surface area contributed by atoms with Crippen LogP contribution in [0, 0.1) is 6.92 Å². The lowest BCUT2D eigenvalue weighted by atomic mass is 10.2. The first-order chi connectivity index (χ1) is 8.09. The third-order valence-corrected chi connectivity index (χ3v) is 2.88. The molecule has 96 valence electrons. The second-order valence-corrected chi connectivity index (χ2v) is 4.79. The van der Waals surface area contributed by atoms with Crippen LogP contribution < -0.4 is 5.32 Å². The van der Waals surface area contributed by atoms with Crippen molar-refractivity contribution in [3.63, 3.8) is 0 Å². The number of nitrogens with zero attached hydrogens (tertiary/aromatic N) is 3. The largest absolute Gasteiger partial charge is 0.354 e. The summed E-state index contributed by atoms with van der Waals surface area (Å²) in [6.07, 6.45) is 6.02. The topological polar surface area (TPSA) is 41.1 Å². The Balaban J connectivity index is 2.10. The number of anilines is 1. The van der Waals surface area contributed by atoms with E-state index in [9.17, 15) is 0 Å². The molecule has 0 saturated heterocycles. The van der Waals surface area contributed by atoms with Crippen LogP contribution in [0.1, 0.15) is 32.3 Å². The number of hydrogen-bond acceptors (Lipinski definition) is 4. The Morgan fingerprint density at radius 1 is 1.24 bits per heavy atom. The van der Waals surface area contributed by atoms with Crippen molar-refractivity contribution in [3.8, 4) is 0 Å². The number of unbranched alkanes of at least 4 members (excludes halogenated alkanes) is 1. The van der Waals surface area contributed by atoms with Gasteiger partial charge < -0.3 is 10.2 Å². The molecule has 1 aromatic heterocycles. The maximum Gasteiger partial charge on any atom is 0.222 e. The Morgan fingerprint density at radius 3 is 2.47 bits per heavy atom. The summed E-state index contributed by atoms with van der Waals surface area (Å²) in [5.74, 6) is 0.729. The molecule has 4 nitrogen and oxygen atoms in total. The van der Waals surface area contributed by atoms with Crippen LogP contribution in [0.4, 0.5) is 5.95 Å². The summed E-state index contributed by atoms with van der Waals surface area (Å²) in [5.41, 5.74) is 1.09. The molecule has 0 aliphatic heterocycles. The smallest absolute Gasteiger partial charge is 0.222 e. The number of hydrogen-bond donors (Lipinski definition) is 1. The minimum Gasteiger partial charge on any atom is -0.354 e. The molecule has 0 unspecified atom stereocenters. The van der Waals surface area contributed by atoms with E-state index in [1.807, 2.05) is 19.3 Å². The number of aryl methyl sites for hydroxylation is 1. The van der Waals surface area contributed by atoms with Crippen LogP contribution in [-0.4, -0.2) is 41.0 Å². The van der Waals surface area contributed by atoms with Gasteiger partial charge in [-0.25, -0.2) is 9.97 Å². The third kappa shape index (κ3) is 5.63. The summed E-state index contributed by atoms with van der Waals surface area (Å²) in [7, 11) is 2.17. The highest BCUT2D eigenvalue weighted by atomic mass is 15.1. The highest BCUT2D eigenvalue weighted by Gasteiger charge is 2.01. The summed E-state index contributed by atoms with van der Waals surface area (Å²) < 4.78 is 0. The minimum absolute atomic E-state index is 0.628. The molecule has 0 saturated carbocycles. The van der Waals surface area contributed by atoms with E-state index in [4.69, 9.17) is 0 Å². The number of nitrogens with one attached hydrogen (secondary N) is 1. The molecule has 1 heterocycles. The third-order valence-electron chi connectivity index (χ3n) is 2.88. The minimum atomic E-state index is 0.628. The monoisotopic (exact) mass is 236 g/mol. The Kier molecular flexibility index (Phi) is 5.91. The average molecular weight is 236 g/mol. The van der Waals surface area contributed by atoms with Crippen molar-refractivity contribution in [2.45, 2.75) is 39.7 Å². The molecule has 0 spiro atoms. The lowest BCUT2D eigenvalue weighted by Gasteiger charge is -2.20. The van der Waals surface area contributed by atoms with Crippen molar-refractivity contribution in [1.29, 1.82) is 0 Å². The lowest BCUT2D eigenvalue weighted by Crippen LogP contribution is -2.27. The standard InChI is InChI=1S/C13H24N4/c1-11(2)17(4)8-6-5-7-14-13-15-9-12(3)10-16-13/h9-11H,5-8H2,1-4H3,(H,14,15,16). The van der Waals surface area contributed by atoms with Crippen molar-refractivity contribution < 1.29 is 0 Å². The average Bonchev–Trinajstić information content (AvgIpc) is 2.30. The molecule has 0 bridgehead atoms. The molecule has 0 aliphatic carbocycles. The van der Waals surface area contributed by atoms with E-state index in [1.165, 1.54) is 6.42 Å². The first-order valence-electron chi connectivity index (χ1n) is 6.32. The molecule has 0 atom stereocenters. The quantitative estimate of drug-likeness (QED) is 0.738. The van der Waals surface area contributed by atoms with E-state index < -0.39 is 0 Å². The van der Waals surface area contributed by atoms with Gasteiger partial charge in [-0.05, 0) is 52.8 Å². The molecular formula is C13H24N4. The van der Waals surface area contributed by atoms with Gasteiger partial charge in [-0.2, -0.15) is 0 Å². The number of aromatic nitrogens is 2. The highest BCUT2D eigenvalue weighted by Crippen LogP contribution is 2.01. The van der Waals surface area contributed by atoms with Crippen LogP contribution in [0.25, 0.3) is 0 Å². The van der Waals surface area contributed by atoms with E-state index in [0.29, 0.717) is 6.04 Å². The molecule has 1 rings (SSSR count). The molecule has 0 amide bonds. The van der Waals surface area contributed by atoms with Crippen LogP contribution in [0.2, 0.25) is 0 Å². The van der Waals surface area contributed by atoms with Gasteiger partial charge in [0.2, 0.25) is 5.95 Å². The van der Waals surface area contributed by atoms with Crippen LogP contribution >= 0.6 is 0 Å². The van der Waals surface area contributed by atoms with E-state index in [-0.39, 0.29) is 0 Å². The van der Waals surface area contributed by atoms with Gasteiger partial charge in [0, 0.05) is 25.0 Å². The van der Waals surface area contributed by atoms with Gasteiger partial charge in [-0.1, -0.05) is 0 Å². The van der Waals surface area contributed by atoms with Gasteiger partial charge in [0.15, 0.2) is 0 Å². The SMILES string of the molecule is Cc1cnc(NCCCCN(C)C(C)C)nc1. The van der Waals surface area contributed by atoms with Gasteiger partial charge in [-0.15, -0.1) is 0 Å². The highest BCUT2D eigenvalue weighted by molar-refractivity contribution is 5.23. The maximum absolute atomic E-state index is 4.21. The van der Waals surface area contributed by atoms with E-state index in [2.05, 4.69) is 41.1 Å². The van der Waals surface area contributed by atoms with Gasteiger partial charge in [0.1, 0.15) is 0 Å². The van der Waals surface area contributed by atoms with Crippen LogP contribution in [0.5, 0.6) is 0 Å². The van der Waals surface area contributed by atoms with Gasteiger partial charge in [0.05, 0.1) is 0 Å². The van der Waals surface area contributed by atoms with Crippen molar-refractivity contribution in [3.05, 3.63) is 18.0 Å². The molecule has 0 fully saturated rings. The first kappa shape index (κ1) is 13.9. The fourth-order valence-electron chi connectivity index (χ4n) is 1.43. The fourth-order valence-corrected chi connectivity index (χ4v) is 1.43. The predicted octanol–water partition coefficient (Wildman–Crippen LogP) is 2.32. The summed E-state index contributed by atoms with van der Waals surface area (Å²) in [4.78, 5) is 10.8. The molecule has 0 radical (unpaired) electrons. The molecule has 1 aromatic rings. The number of rotatable bonds is 7. The Bertz CT molecular complexity index is 308. The van der Waals surface area contributed by atoms with E-state index in [0.717, 1.165) is 31.0 Å². The van der Waals surface area contributed by atoms with Crippen LogP contribution in [0.15, 0.2) is 12.4 Å². The molecule has 4 heteroatoms. The van der Waals surface area contributed by atoms with Crippen molar-refractivity contribution in [1.82, 2.24) is 14.9 Å². The van der Waals surface area contributed by atoms with Gasteiger partial charge in [0.25, 0.3) is 0 Å². The van der Waals surface area contributed by atoms with Gasteiger partial charge in [-0.3, -0.25) is 0 Å². The summed E-state index contributed by atoms with van der Waals surface area (Å²) in [6, 6.07) is 0.628. The maximum atomic E-state index is 4.21. The van der Waals surface area contributed by atoms with Crippen LogP contribution in [0.3, 0.4) is 0 Å². The molecule has 0 aromatic carbocycles. The zero-order valence-electron chi connectivity index (χ0n) is 11.4. The summed E-state index contributed by atoms with van der Waals surface area (Å²) in [5, 5.41) is 3.23. The summed E-state index contributed by atoms with van der Waals surface area (Å²) in [6.45, 7) is 8.52. The molecular weight excluding hydrogens is 212 g/mol. The van der Waals surface area contributed by atoms with E-state index in [1.54, 1.807) is 0 Å². The van der Waals surface area contributed by atoms with Gasteiger partial charge >= 0.3 is 0 Å². The fraction of sp³-hybridized carbons (Fsp3) is 0.692. The predicted molar refractivity (Wildman–Crippen MR) is 72.3 cm³/mol. The zero-order chi connectivity index (χ0) is 12.7.